The molecule has 0 bridgehead atoms. The summed E-state index contributed by atoms with van der Waals surface area (Å²) in [4.78, 5) is 39.6. The SMILES string of the molecule is c1ccc(-c2ccc(-c3cc(-c4ccccc4)nc(-c4ccc(-c5ccc6c(c5)oc5ccccc56)cc4)n3)cc2)cc1.c1ccc(-c2nc(-c3ccccc3)nc(-c3ccc(-c4ccc(-c5cccc6oc7ccccc7c56)c5ccccc45)cc3)n2)cc1.c1ccc(-c2nc(-c3ccccc3)nc(-c3ccc(-c4cccc(-c5cccc6oc7ccccc7c56)c4)c4ccccc34)n2)cc1. The fourth-order valence-corrected chi connectivity index (χ4v) is 18.7. The molecule has 0 saturated heterocycles. The fraction of sp³-hybridized carbons (Fsp3) is 0. The van der Waals surface area contributed by atoms with Crippen LogP contribution < -0.4 is 0 Å². The van der Waals surface area contributed by atoms with E-state index in [0.717, 1.165) is 177 Å². The van der Waals surface area contributed by atoms with E-state index in [1.807, 2.05) is 194 Å². The summed E-state index contributed by atoms with van der Waals surface area (Å²) in [5.41, 5.74) is 29.8. The van der Waals surface area contributed by atoms with E-state index in [1.165, 1.54) is 38.6 Å². The summed E-state index contributed by atoms with van der Waals surface area (Å²) in [5, 5.41) is 11.4. The Morgan fingerprint density at radius 1 is 0.117 bits per heavy atom. The first-order chi connectivity index (χ1) is 67.9. The summed E-state index contributed by atoms with van der Waals surface area (Å²) < 4.78 is 18.5. The van der Waals surface area contributed by atoms with Crippen molar-refractivity contribution in [2.24, 2.45) is 0 Å². The molecule has 0 aliphatic carbocycles. The Bertz CT molecular complexity index is 8870. The van der Waals surface area contributed by atoms with E-state index in [0.29, 0.717) is 40.8 Å². The number of aromatic nitrogens is 8. The third-order valence-corrected chi connectivity index (χ3v) is 25.5. The maximum atomic E-state index is 6.22. The molecule has 20 aromatic carbocycles. The zero-order chi connectivity index (χ0) is 90.9. The topological polar surface area (TPSA) is 143 Å². The van der Waals surface area contributed by atoms with Crippen LogP contribution >= 0.6 is 0 Å². The van der Waals surface area contributed by atoms with Gasteiger partial charge in [0.15, 0.2) is 40.8 Å². The summed E-state index contributed by atoms with van der Waals surface area (Å²) >= 11 is 0. The van der Waals surface area contributed by atoms with Crippen molar-refractivity contribution in [2.45, 2.75) is 0 Å². The van der Waals surface area contributed by atoms with Crippen LogP contribution in [0.1, 0.15) is 0 Å². The van der Waals surface area contributed by atoms with E-state index in [1.54, 1.807) is 0 Å². The molecule has 0 fully saturated rings. The average molecular weight is 1750 g/mol. The summed E-state index contributed by atoms with van der Waals surface area (Å²) in [6, 6.07) is 167. The molecular formula is C126H80N8O3. The Hall–Kier alpha value is -18.6. The van der Waals surface area contributed by atoms with E-state index in [-0.39, 0.29) is 0 Å². The van der Waals surface area contributed by atoms with Gasteiger partial charge in [-0.15, -0.1) is 0 Å². The van der Waals surface area contributed by atoms with Crippen molar-refractivity contribution in [3.63, 3.8) is 0 Å². The maximum Gasteiger partial charge on any atom is 0.164 e. The van der Waals surface area contributed by atoms with Crippen LogP contribution in [0.15, 0.2) is 499 Å². The summed E-state index contributed by atoms with van der Waals surface area (Å²) in [6.45, 7) is 0. The molecule has 0 radical (unpaired) electrons. The molecule has 6 aromatic heterocycles. The largest absolute Gasteiger partial charge is 0.456 e. The quantitative estimate of drug-likeness (QED) is 0.0968. The van der Waals surface area contributed by atoms with Crippen molar-refractivity contribution < 1.29 is 13.3 Å². The van der Waals surface area contributed by atoms with E-state index in [9.17, 15) is 0 Å². The lowest BCUT2D eigenvalue weighted by molar-refractivity contribution is 0.668. The predicted molar refractivity (Wildman–Crippen MR) is 560 cm³/mol. The lowest BCUT2D eigenvalue weighted by Crippen LogP contribution is -2.00. The van der Waals surface area contributed by atoms with Crippen molar-refractivity contribution in [3.05, 3.63) is 485 Å². The van der Waals surface area contributed by atoms with Gasteiger partial charge in [0, 0.05) is 82.4 Å². The second-order valence-electron chi connectivity index (χ2n) is 33.9. The molecular weight excluding hydrogens is 1670 g/mol. The highest BCUT2D eigenvalue weighted by molar-refractivity contribution is 6.17. The highest BCUT2D eigenvalue weighted by Crippen LogP contribution is 2.46. The molecule has 0 atom stereocenters. The van der Waals surface area contributed by atoms with Crippen molar-refractivity contribution in [3.8, 4) is 169 Å². The Morgan fingerprint density at radius 2 is 0.387 bits per heavy atom. The number of nitrogens with zero attached hydrogens (tertiary/aromatic N) is 8. The summed E-state index contributed by atoms with van der Waals surface area (Å²) in [6.07, 6.45) is 0. The number of fused-ring (bicyclic) bond motifs is 11. The van der Waals surface area contributed by atoms with E-state index in [2.05, 4.69) is 291 Å². The third kappa shape index (κ3) is 16.1. The lowest BCUT2D eigenvalue weighted by atomic mass is 9.90. The average Bonchev–Trinajstić information content (AvgIpc) is 1.05. The van der Waals surface area contributed by atoms with Crippen LogP contribution in [0, 0.1) is 0 Å². The minimum absolute atomic E-state index is 0.643. The number of rotatable bonds is 15. The van der Waals surface area contributed by atoms with Crippen LogP contribution in [-0.2, 0) is 0 Å². The zero-order valence-corrected chi connectivity index (χ0v) is 74.0. The maximum absolute atomic E-state index is 6.22. The summed E-state index contributed by atoms with van der Waals surface area (Å²) in [5.74, 6) is 4.59. The van der Waals surface area contributed by atoms with Gasteiger partial charge in [-0.25, -0.2) is 39.9 Å². The fourth-order valence-electron chi connectivity index (χ4n) is 18.7. The van der Waals surface area contributed by atoms with E-state index >= 15 is 0 Å². The van der Waals surface area contributed by atoms with Gasteiger partial charge in [-0.3, -0.25) is 0 Å². The van der Waals surface area contributed by atoms with Gasteiger partial charge in [0.2, 0.25) is 0 Å². The number of furan rings is 3. The molecule has 0 aliphatic rings. The second-order valence-corrected chi connectivity index (χ2v) is 33.9. The van der Waals surface area contributed by atoms with Crippen LogP contribution in [0.4, 0.5) is 0 Å². The van der Waals surface area contributed by atoms with Crippen molar-refractivity contribution in [1.29, 1.82) is 0 Å². The van der Waals surface area contributed by atoms with Gasteiger partial charge >= 0.3 is 0 Å². The van der Waals surface area contributed by atoms with Crippen molar-refractivity contribution in [2.75, 3.05) is 0 Å². The normalized spacial score (nSPS) is 11.4. The Balaban J connectivity index is 0.000000112. The molecule has 6 heterocycles. The standard InChI is InChI=1S/2C43H27N3O.C40H26N2O/c1-3-13-28(14-4-1)41-44-42(29-15-5-2-6-16-29)46-43(45-41)36-26-25-32(34-19-7-8-20-35(34)36)30-17-11-18-31(27-30)33-22-12-24-39-40(33)37-21-9-10-23-38(37)47-39;1-3-12-29(13-4-1)41-44-42(30-14-5-2-6-15-30)46-43(45-41)31-24-22-28(23-25-31)32-26-27-35(34-17-8-7-16-33(32)34)36-19-11-21-39-40(36)37-18-9-10-20-38(37)47-39;1-3-9-27(10-4-1)28-15-19-31(20-16-28)37-26-36(30-11-5-2-6-12-30)41-40(42-37)32-21-17-29(18-22-32)33-23-24-35-34-13-7-8-14-38(34)43-39(35)25-33/h2*1-27H;1-26H. The minimum Gasteiger partial charge on any atom is -0.456 e. The van der Waals surface area contributed by atoms with Crippen molar-refractivity contribution in [1.82, 2.24) is 39.9 Å². The Kier molecular flexibility index (Phi) is 21.4. The highest BCUT2D eigenvalue weighted by atomic mass is 16.3. The molecule has 0 spiro atoms. The molecule has 642 valence electrons. The predicted octanol–water partition coefficient (Wildman–Crippen LogP) is 33.2. The minimum atomic E-state index is 0.643. The van der Waals surface area contributed by atoms with Gasteiger partial charge in [-0.2, -0.15) is 0 Å². The molecule has 0 N–H and O–H groups in total. The molecule has 11 heteroatoms. The number of hydrogen-bond donors (Lipinski definition) is 0. The molecule has 26 aromatic rings. The first-order valence-corrected chi connectivity index (χ1v) is 45.8. The molecule has 0 unspecified atom stereocenters. The Morgan fingerprint density at radius 3 is 0.876 bits per heavy atom. The zero-order valence-electron chi connectivity index (χ0n) is 74.0. The van der Waals surface area contributed by atoms with Crippen LogP contribution in [0.2, 0.25) is 0 Å². The highest BCUT2D eigenvalue weighted by Gasteiger charge is 2.23. The lowest BCUT2D eigenvalue weighted by Gasteiger charge is -2.14. The van der Waals surface area contributed by atoms with Gasteiger partial charge in [-0.05, 0) is 149 Å². The van der Waals surface area contributed by atoms with Crippen LogP contribution in [-0.4, -0.2) is 39.9 Å². The molecule has 137 heavy (non-hydrogen) atoms. The number of hydrogen-bond acceptors (Lipinski definition) is 11. The molecule has 0 amide bonds. The molecule has 11 nitrogen and oxygen atoms in total. The Labute approximate surface area is 789 Å². The molecule has 26 rings (SSSR count). The van der Waals surface area contributed by atoms with Gasteiger partial charge in [0.1, 0.15) is 33.5 Å². The first-order valence-electron chi connectivity index (χ1n) is 45.8. The van der Waals surface area contributed by atoms with Crippen LogP contribution in [0.25, 0.3) is 256 Å². The number of para-hydroxylation sites is 3. The van der Waals surface area contributed by atoms with Gasteiger partial charge in [-0.1, -0.05) is 425 Å². The van der Waals surface area contributed by atoms with Gasteiger partial charge < -0.3 is 13.3 Å². The molecule has 0 aliphatic heterocycles. The second kappa shape index (κ2) is 35.9. The van der Waals surface area contributed by atoms with Crippen molar-refractivity contribution >= 4 is 87.4 Å². The summed E-state index contributed by atoms with van der Waals surface area (Å²) in [7, 11) is 0. The first kappa shape index (κ1) is 81.6. The van der Waals surface area contributed by atoms with Gasteiger partial charge in [0.25, 0.3) is 0 Å². The number of benzene rings is 20. The smallest absolute Gasteiger partial charge is 0.164 e. The van der Waals surface area contributed by atoms with Crippen LogP contribution in [0.3, 0.4) is 0 Å². The third-order valence-electron chi connectivity index (χ3n) is 25.5. The van der Waals surface area contributed by atoms with E-state index in [4.69, 9.17) is 53.1 Å². The molecule has 0 saturated carbocycles. The van der Waals surface area contributed by atoms with Crippen LogP contribution in [0.5, 0.6) is 0 Å². The monoisotopic (exact) mass is 1750 g/mol. The van der Waals surface area contributed by atoms with Gasteiger partial charge in [0.05, 0.1) is 11.4 Å². The van der Waals surface area contributed by atoms with E-state index < -0.39 is 0 Å².